The summed E-state index contributed by atoms with van der Waals surface area (Å²) >= 11 is 3.18. The standard InChI is InChI=1S/C16H23BrF2N2OSi/c1-6-23(7-2,8-3)22-16(4,5)11-9-13(18)21-12(17)10-20-15(21)14(11)19/h9-10H,6-8H2,1-5H3. The van der Waals surface area contributed by atoms with Gasteiger partial charge in [-0.25, -0.2) is 9.37 Å². The van der Waals surface area contributed by atoms with Crippen molar-refractivity contribution in [2.75, 3.05) is 0 Å². The van der Waals surface area contributed by atoms with Crippen LogP contribution in [0.1, 0.15) is 40.2 Å². The Hall–Kier alpha value is -0.793. The van der Waals surface area contributed by atoms with E-state index in [9.17, 15) is 8.78 Å². The van der Waals surface area contributed by atoms with Crippen LogP contribution in [0.5, 0.6) is 0 Å². The number of rotatable bonds is 6. The van der Waals surface area contributed by atoms with Crippen LogP contribution in [-0.4, -0.2) is 17.7 Å². The molecule has 0 saturated carbocycles. The Kier molecular flexibility index (Phi) is 5.33. The molecule has 7 heteroatoms. The van der Waals surface area contributed by atoms with Crippen molar-refractivity contribution in [2.45, 2.75) is 58.4 Å². The van der Waals surface area contributed by atoms with Gasteiger partial charge in [0.05, 0.1) is 11.8 Å². The lowest BCUT2D eigenvalue weighted by atomic mass is 9.99. The van der Waals surface area contributed by atoms with Crippen LogP contribution in [0, 0.1) is 11.8 Å². The zero-order valence-corrected chi connectivity index (χ0v) is 16.8. The summed E-state index contributed by atoms with van der Waals surface area (Å²) < 4.78 is 37.2. The molecule has 0 N–H and O–H groups in total. The number of aromatic nitrogens is 2. The van der Waals surface area contributed by atoms with E-state index in [1.807, 2.05) is 13.8 Å². The number of hydrogen-bond donors (Lipinski definition) is 0. The number of hydrogen-bond acceptors (Lipinski definition) is 2. The second kappa shape index (κ2) is 6.61. The molecule has 0 radical (unpaired) electrons. The van der Waals surface area contributed by atoms with Gasteiger partial charge >= 0.3 is 0 Å². The van der Waals surface area contributed by atoms with Gasteiger partial charge in [-0.05, 0) is 47.9 Å². The van der Waals surface area contributed by atoms with E-state index in [-0.39, 0.29) is 11.2 Å². The van der Waals surface area contributed by atoms with Crippen LogP contribution in [0.4, 0.5) is 8.78 Å². The zero-order chi connectivity index (χ0) is 17.4. The first-order chi connectivity index (χ1) is 10.7. The van der Waals surface area contributed by atoms with Crippen LogP contribution in [0.15, 0.2) is 16.9 Å². The quantitative estimate of drug-likeness (QED) is 0.460. The van der Waals surface area contributed by atoms with Crippen LogP contribution in [0.2, 0.25) is 18.1 Å². The highest BCUT2D eigenvalue weighted by Gasteiger charge is 2.38. The van der Waals surface area contributed by atoms with Crippen molar-refractivity contribution in [1.82, 2.24) is 9.38 Å². The molecule has 2 rings (SSSR count). The second-order valence-electron chi connectivity index (χ2n) is 6.29. The van der Waals surface area contributed by atoms with E-state index < -0.39 is 25.7 Å². The number of halogens is 3. The minimum absolute atomic E-state index is 0.0275. The number of nitrogens with zero attached hydrogens (tertiary/aromatic N) is 2. The predicted molar refractivity (Wildman–Crippen MR) is 94.1 cm³/mol. The predicted octanol–water partition coefficient (Wildman–Crippen LogP) is 5.63. The summed E-state index contributed by atoms with van der Waals surface area (Å²) in [6.07, 6.45) is 1.39. The highest BCUT2D eigenvalue weighted by Crippen LogP contribution is 2.36. The van der Waals surface area contributed by atoms with Gasteiger partial charge in [0.25, 0.3) is 0 Å². The summed E-state index contributed by atoms with van der Waals surface area (Å²) in [6.45, 7) is 9.95. The molecule has 0 aliphatic heterocycles. The first-order valence-electron chi connectivity index (χ1n) is 7.93. The third-order valence-corrected chi connectivity index (χ3v) is 10.1. The number of pyridine rings is 1. The minimum Gasteiger partial charge on any atom is -0.408 e. The Balaban J connectivity index is 2.56. The SMILES string of the molecule is CC[Si](CC)(CC)OC(C)(C)c1cc(F)n2c(Br)cnc2c1F. The molecule has 0 aliphatic rings. The summed E-state index contributed by atoms with van der Waals surface area (Å²) in [5.74, 6) is -1.09. The molecule has 2 aromatic rings. The molecule has 0 bridgehead atoms. The molecule has 3 nitrogen and oxygen atoms in total. The van der Waals surface area contributed by atoms with Crippen LogP contribution in [-0.2, 0) is 10.0 Å². The van der Waals surface area contributed by atoms with Crippen LogP contribution in [0.25, 0.3) is 5.65 Å². The van der Waals surface area contributed by atoms with E-state index in [0.717, 1.165) is 22.5 Å². The van der Waals surface area contributed by atoms with Crippen molar-refractivity contribution in [3.63, 3.8) is 0 Å². The molecule has 0 fully saturated rings. The number of imidazole rings is 1. The van der Waals surface area contributed by atoms with E-state index in [4.69, 9.17) is 4.43 Å². The first-order valence-corrected chi connectivity index (χ1v) is 11.2. The fraction of sp³-hybridized carbons (Fsp3) is 0.562. The van der Waals surface area contributed by atoms with Gasteiger partial charge in [-0.1, -0.05) is 20.8 Å². The second-order valence-corrected chi connectivity index (χ2v) is 11.8. The largest absolute Gasteiger partial charge is 0.408 e. The zero-order valence-electron chi connectivity index (χ0n) is 14.2. The van der Waals surface area contributed by atoms with Gasteiger partial charge in [-0.2, -0.15) is 4.39 Å². The molecule has 0 atom stereocenters. The van der Waals surface area contributed by atoms with Gasteiger partial charge in [0.15, 0.2) is 19.8 Å². The molecule has 23 heavy (non-hydrogen) atoms. The molecule has 0 unspecified atom stereocenters. The Morgan fingerprint density at radius 3 is 2.30 bits per heavy atom. The van der Waals surface area contributed by atoms with Gasteiger partial charge in [0.2, 0.25) is 5.95 Å². The maximum absolute atomic E-state index is 14.9. The molecule has 128 valence electrons. The van der Waals surface area contributed by atoms with Crippen molar-refractivity contribution in [3.8, 4) is 0 Å². The van der Waals surface area contributed by atoms with Gasteiger partial charge < -0.3 is 4.43 Å². The average molecular weight is 405 g/mol. The lowest BCUT2D eigenvalue weighted by molar-refractivity contribution is 0.0895. The minimum atomic E-state index is -1.96. The molecular formula is C16H23BrF2N2OSi. The number of fused-ring (bicyclic) bond motifs is 1. The van der Waals surface area contributed by atoms with Crippen LogP contribution >= 0.6 is 15.9 Å². The van der Waals surface area contributed by atoms with Crippen molar-refractivity contribution < 1.29 is 13.2 Å². The van der Waals surface area contributed by atoms with Gasteiger partial charge in [0.1, 0.15) is 4.60 Å². The van der Waals surface area contributed by atoms with E-state index in [0.29, 0.717) is 4.60 Å². The molecule has 2 aromatic heterocycles. The van der Waals surface area contributed by atoms with E-state index in [1.165, 1.54) is 12.3 Å². The van der Waals surface area contributed by atoms with Gasteiger partial charge in [-0.3, -0.25) is 4.40 Å². The Bertz CT molecular complexity index is 705. The summed E-state index contributed by atoms with van der Waals surface area (Å²) in [6, 6.07) is 4.06. The Labute approximate surface area is 145 Å². The molecule has 0 saturated heterocycles. The fourth-order valence-corrected chi connectivity index (χ4v) is 6.62. The molecule has 0 aromatic carbocycles. The third kappa shape index (κ3) is 3.23. The topological polar surface area (TPSA) is 26.5 Å². The molecular weight excluding hydrogens is 382 g/mol. The normalized spacial score (nSPS) is 13.0. The Morgan fingerprint density at radius 1 is 1.22 bits per heavy atom. The van der Waals surface area contributed by atoms with Crippen molar-refractivity contribution in [3.05, 3.63) is 34.2 Å². The van der Waals surface area contributed by atoms with E-state index in [1.54, 1.807) is 0 Å². The molecule has 2 heterocycles. The summed E-state index contributed by atoms with van der Waals surface area (Å²) in [7, 11) is -1.96. The molecule has 0 spiro atoms. The monoisotopic (exact) mass is 404 g/mol. The third-order valence-electron chi connectivity index (χ3n) is 4.68. The highest BCUT2D eigenvalue weighted by atomic mass is 79.9. The maximum atomic E-state index is 14.9. The van der Waals surface area contributed by atoms with Crippen molar-refractivity contribution in [2.24, 2.45) is 0 Å². The molecule has 0 aliphatic carbocycles. The van der Waals surface area contributed by atoms with Crippen molar-refractivity contribution >= 4 is 29.9 Å². The van der Waals surface area contributed by atoms with Gasteiger partial charge in [-0.15, -0.1) is 0 Å². The van der Waals surface area contributed by atoms with E-state index in [2.05, 4.69) is 41.7 Å². The first kappa shape index (κ1) is 18.5. The Morgan fingerprint density at radius 2 is 1.78 bits per heavy atom. The highest BCUT2D eigenvalue weighted by molar-refractivity contribution is 9.10. The summed E-state index contributed by atoms with van der Waals surface area (Å²) in [5.41, 5.74) is -0.715. The van der Waals surface area contributed by atoms with Crippen LogP contribution < -0.4 is 0 Å². The van der Waals surface area contributed by atoms with Gasteiger partial charge in [0, 0.05) is 11.6 Å². The maximum Gasteiger partial charge on any atom is 0.200 e. The summed E-state index contributed by atoms with van der Waals surface area (Å²) in [4.78, 5) is 3.97. The van der Waals surface area contributed by atoms with E-state index >= 15 is 0 Å². The fourth-order valence-electron chi connectivity index (χ4n) is 3.06. The smallest absolute Gasteiger partial charge is 0.200 e. The molecule has 0 amide bonds. The summed E-state index contributed by atoms with van der Waals surface area (Å²) in [5, 5.41) is 0. The van der Waals surface area contributed by atoms with Crippen LogP contribution in [0.3, 0.4) is 0 Å². The lowest BCUT2D eigenvalue weighted by Gasteiger charge is -2.38. The lowest BCUT2D eigenvalue weighted by Crippen LogP contribution is -2.43. The van der Waals surface area contributed by atoms with Crippen molar-refractivity contribution in [1.29, 1.82) is 0 Å². The average Bonchev–Trinajstić information content (AvgIpc) is 2.91.